The number of ether oxygens (including phenoxy) is 3. The van der Waals surface area contributed by atoms with E-state index in [-0.39, 0.29) is 12.0 Å². The molecule has 46 heavy (non-hydrogen) atoms. The molecule has 10 heteroatoms. The van der Waals surface area contributed by atoms with Crippen molar-refractivity contribution in [1.82, 2.24) is 9.78 Å². The van der Waals surface area contributed by atoms with Crippen LogP contribution in [-0.2, 0) is 4.74 Å². The van der Waals surface area contributed by atoms with Gasteiger partial charge in [-0.05, 0) is 80.1 Å². The number of carbonyl (C=O) groups excluding carboxylic acids is 1. The van der Waals surface area contributed by atoms with Gasteiger partial charge >= 0.3 is 5.97 Å². The van der Waals surface area contributed by atoms with E-state index in [1.54, 1.807) is 33.3 Å². The first-order valence-electron chi connectivity index (χ1n) is 15.0. The van der Waals surface area contributed by atoms with Crippen LogP contribution in [-0.4, -0.2) is 48.2 Å². The number of benzene rings is 4. The lowest BCUT2D eigenvalue weighted by Crippen LogP contribution is -2.46. The average Bonchev–Trinajstić information content (AvgIpc) is 3.43. The quantitative estimate of drug-likeness (QED) is 0.194. The summed E-state index contributed by atoms with van der Waals surface area (Å²) in [5.41, 5.74) is 6.59. The molecule has 0 amide bonds. The van der Waals surface area contributed by atoms with Crippen molar-refractivity contribution < 1.29 is 19.0 Å². The summed E-state index contributed by atoms with van der Waals surface area (Å²) in [6.45, 7) is 4.11. The molecule has 5 aromatic rings. The van der Waals surface area contributed by atoms with Crippen LogP contribution in [0.25, 0.3) is 5.69 Å². The number of rotatable bonds is 7. The number of aromatic nitrogens is 2. The second-order valence-electron chi connectivity index (χ2n) is 10.8. The Morgan fingerprint density at radius 3 is 2.35 bits per heavy atom. The van der Waals surface area contributed by atoms with Gasteiger partial charge in [-0.25, -0.2) is 19.5 Å². The first kappa shape index (κ1) is 28.8. The van der Waals surface area contributed by atoms with Crippen LogP contribution in [0.3, 0.4) is 0 Å². The average molecular weight is 613 g/mol. The number of aliphatic imine (C=N–C) groups is 2. The Labute approximate surface area is 266 Å². The van der Waals surface area contributed by atoms with Gasteiger partial charge in [0.25, 0.3) is 0 Å². The summed E-state index contributed by atoms with van der Waals surface area (Å²) >= 11 is 0. The number of para-hydroxylation sites is 3. The Kier molecular flexibility index (Phi) is 7.45. The maximum Gasteiger partial charge on any atom is 0.338 e. The highest BCUT2D eigenvalue weighted by atomic mass is 16.5. The van der Waals surface area contributed by atoms with Crippen LogP contribution in [0.4, 0.5) is 22.9 Å². The van der Waals surface area contributed by atoms with Crippen molar-refractivity contribution in [2.45, 2.75) is 19.9 Å². The van der Waals surface area contributed by atoms with Gasteiger partial charge in [-0.3, -0.25) is 0 Å². The molecule has 4 aromatic carbocycles. The number of aryl methyl sites for hydroxylation is 1. The lowest BCUT2D eigenvalue weighted by molar-refractivity contribution is 0.0526. The fourth-order valence-corrected chi connectivity index (χ4v) is 5.93. The molecule has 1 aromatic heterocycles. The second kappa shape index (κ2) is 11.9. The molecule has 1 N–H and O–H groups in total. The van der Waals surface area contributed by atoms with Gasteiger partial charge in [-0.1, -0.05) is 36.4 Å². The summed E-state index contributed by atoms with van der Waals surface area (Å²) < 4.78 is 18.4. The number of nitrogens with one attached hydrogen (secondary N) is 1. The minimum atomic E-state index is -0.365. The Balaban J connectivity index is 1.43. The molecule has 0 saturated heterocycles. The van der Waals surface area contributed by atoms with E-state index in [2.05, 4.69) is 16.3 Å². The molecule has 10 nitrogen and oxygen atoms in total. The summed E-state index contributed by atoms with van der Waals surface area (Å²) in [6, 6.07) is 30.7. The molecule has 2 aliphatic rings. The van der Waals surface area contributed by atoms with Crippen LogP contribution in [0, 0.1) is 6.92 Å². The lowest BCUT2D eigenvalue weighted by Gasteiger charge is -2.40. The molecule has 0 fully saturated rings. The second-order valence-corrected chi connectivity index (χ2v) is 10.8. The SMILES string of the molecule is CCOC(=O)c1ccc(NC2=Nc3ccccc3N3C2=Nc2c(c(C)nn2-c2ccccc2)[C@H]3c2ccc(OC)c(OC)c2)cc1. The molecule has 0 saturated carbocycles. The minimum absolute atomic E-state index is 0.312. The number of amidine groups is 2. The number of hydrogen-bond donors (Lipinski definition) is 1. The molecule has 1 atom stereocenters. The van der Waals surface area contributed by atoms with Gasteiger partial charge in [0.1, 0.15) is 0 Å². The van der Waals surface area contributed by atoms with E-state index in [9.17, 15) is 4.79 Å². The number of hydrogen-bond acceptors (Lipinski definition) is 9. The van der Waals surface area contributed by atoms with Crippen LogP contribution in [0.1, 0.15) is 40.1 Å². The van der Waals surface area contributed by atoms with Crippen LogP contribution in [0.2, 0.25) is 0 Å². The highest BCUT2D eigenvalue weighted by Gasteiger charge is 2.41. The zero-order valence-electron chi connectivity index (χ0n) is 25.9. The summed E-state index contributed by atoms with van der Waals surface area (Å²) in [5, 5.41) is 8.48. The molecule has 2 aliphatic heterocycles. The monoisotopic (exact) mass is 612 g/mol. The number of carbonyl (C=O) groups is 1. The van der Waals surface area contributed by atoms with Crippen LogP contribution < -0.4 is 19.7 Å². The van der Waals surface area contributed by atoms with Crippen molar-refractivity contribution in [2.75, 3.05) is 31.0 Å². The number of fused-ring (bicyclic) bond motifs is 4. The zero-order chi connectivity index (χ0) is 31.8. The van der Waals surface area contributed by atoms with E-state index >= 15 is 0 Å². The molecule has 0 unspecified atom stereocenters. The van der Waals surface area contributed by atoms with Crippen molar-refractivity contribution >= 4 is 40.5 Å². The number of anilines is 2. The molecule has 0 bridgehead atoms. The van der Waals surface area contributed by atoms with Crippen LogP contribution in [0.15, 0.2) is 107 Å². The standard InChI is InChI=1S/C36H32N6O4/c1-5-46-36(43)23-15-18-25(19-16-23)37-33-35-39-34-31(22(2)40-42(34)26-11-7-6-8-12-26)32(24-17-20-29(44-3)30(21-24)45-4)41(35)28-14-10-9-13-27(28)38-33/h6-21,32H,5H2,1-4H3,(H,37,38)/t32-/m1/s1. The van der Waals surface area contributed by atoms with E-state index in [1.165, 1.54) is 0 Å². The van der Waals surface area contributed by atoms with Crippen LogP contribution in [0.5, 0.6) is 11.5 Å². The van der Waals surface area contributed by atoms with E-state index in [0.29, 0.717) is 41.2 Å². The largest absolute Gasteiger partial charge is 0.493 e. The Morgan fingerprint density at radius 1 is 0.870 bits per heavy atom. The molecular weight excluding hydrogens is 580 g/mol. The molecule has 0 spiro atoms. The Hall–Kier alpha value is -5.90. The van der Waals surface area contributed by atoms with Gasteiger partial charge < -0.3 is 24.4 Å². The number of methoxy groups -OCH3 is 2. The third kappa shape index (κ3) is 4.93. The van der Waals surface area contributed by atoms with Gasteiger partial charge in [0.2, 0.25) is 0 Å². The molecule has 230 valence electrons. The topological polar surface area (TPSA) is 103 Å². The van der Waals surface area contributed by atoms with Gasteiger partial charge in [0, 0.05) is 11.3 Å². The number of esters is 1. The minimum Gasteiger partial charge on any atom is -0.493 e. The first-order chi connectivity index (χ1) is 22.5. The molecular formula is C36H32N6O4. The zero-order valence-corrected chi connectivity index (χ0v) is 25.9. The maximum atomic E-state index is 12.3. The molecule has 0 aliphatic carbocycles. The fraction of sp³-hybridized carbons (Fsp3) is 0.167. The van der Waals surface area contributed by atoms with Crippen molar-refractivity contribution in [1.29, 1.82) is 0 Å². The fourth-order valence-electron chi connectivity index (χ4n) is 5.93. The van der Waals surface area contributed by atoms with Crippen molar-refractivity contribution in [3.63, 3.8) is 0 Å². The van der Waals surface area contributed by atoms with Crippen molar-refractivity contribution in [2.24, 2.45) is 9.98 Å². The van der Waals surface area contributed by atoms with Gasteiger partial charge in [0.15, 0.2) is 29.0 Å². The lowest BCUT2D eigenvalue weighted by atomic mass is 9.93. The highest BCUT2D eigenvalue weighted by Crippen LogP contribution is 2.49. The molecule has 3 heterocycles. The van der Waals surface area contributed by atoms with Gasteiger partial charge in [-0.2, -0.15) is 5.10 Å². The third-order valence-electron chi connectivity index (χ3n) is 8.02. The normalized spacial score (nSPS) is 14.7. The van der Waals surface area contributed by atoms with Crippen LogP contribution >= 0.6 is 0 Å². The van der Waals surface area contributed by atoms with Crippen molar-refractivity contribution in [3.8, 4) is 17.2 Å². The summed E-state index contributed by atoms with van der Waals surface area (Å²) in [7, 11) is 3.27. The predicted molar refractivity (Wildman–Crippen MR) is 179 cm³/mol. The summed E-state index contributed by atoms with van der Waals surface area (Å²) in [5.74, 6) is 2.78. The first-order valence-corrected chi connectivity index (χ1v) is 15.0. The molecule has 0 radical (unpaired) electrons. The maximum absolute atomic E-state index is 12.3. The highest BCUT2D eigenvalue weighted by molar-refractivity contribution is 6.51. The predicted octanol–water partition coefficient (Wildman–Crippen LogP) is 7.17. The summed E-state index contributed by atoms with van der Waals surface area (Å²) in [4.78, 5) is 24.8. The Bertz CT molecular complexity index is 2000. The Morgan fingerprint density at radius 2 is 1.61 bits per heavy atom. The van der Waals surface area contributed by atoms with Gasteiger partial charge in [-0.15, -0.1) is 0 Å². The van der Waals surface area contributed by atoms with Gasteiger partial charge in [0.05, 0.1) is 55.2 Å². The van der Waals surface area contributed by atoms with E-state index < -0.39 is 0 Å². The van der Waals surface area contributed by atoms with Crippen molar-refractivity contribution in [3.05, 3.63) is 119 Å². The van der Waals surface area contributed by atoms with E-state index in [0.717, 1.165) is 39.6 Å². The summed E-state index contributed by atoms with van der Waals surface area (Å²) in [6.07, 6.45) is 0. The number of nitrogens with zero attached hydrogens (tertiary/aromatic N) is 5. The van der Waals surface area contributed by atoms with E-state index in [1.807, 2.05) is 90.5 Å². The smallest absolute Gasteiger partial charge is 0.338 e. The molecule has 7 rings (SSSR count). The van der Waals surface area contributed by atoms with E-state index in [4.69, 9.17) is 29.3 Å². The third-order valence-corrected chi connectivity index (χ3v) is 8.02.